The average Bonchev–Trinajstić information content (AvgIpc) is 3.23. The summed E-state index contributed by atoms with van der Waals surface area (Å²) in [4.78, 5) is 4.74. The van der Waals surface area contributed by atoms with E-state index in [0.717, 1.165) is 45.0 Å². The monoisotopic (exact) mass is 465 g/mol. The number of hydrogen-bond donors (Lipinski definition) is 3. The van der Waals surface area contributed by atoms with Crippen LogP contribution in [0.2, 0.25) is 0 Å². The van der Waals surface area contributed by atoms with Crippen molar-refractivity contribution in [1.82, 2.24) is 20.4 Å². The summed E-state index contributed by atoms with van der Waals surface area (Å²) in [6.45, 7) is 9.09. The number of guanidine groups is 1. The molecule has 1 aliphatic rings. The lowest BCUT2D eigenvalue weighted by molar-refractivity contribution is 0.131. The summed E-state index contributed by atoms with van der Waals surface area (Å²) in [5.74, 6) is 1.27. The maximum absolute atomic E-state index is 9.32. The predicted octanol–water partition coefficient (Wildman–Crippen LogP) is 1.48. The number of ether oxygens (including phenoxy) is 1. The van der Waals surface area contributed by atoms with Crippen molar-refractivity contribution in [3.8, 4) is 0 Å². The van der Waals surface area contributed by atoms with Crippen molar-refractivity contribution in [1.29, 1.82) is 0 Å². The maximum Gasteiger partial charge on any atom is 0.191 e. The molecule has 25 heavy (non-hydrogen) atoms. The number of aliphatic hydroxyl groups excluding tert-OH is 1. The zero-order valence-electron chi connectivity index (χ0n) is 15.3. The highest BCUT2D eigenvalue weighted by Crippen LogP contribution is 2.32. The Morgan fingerprint density at radius 2 is 2.32 bits per heavy atom. The van der Waals surface area contributed by atoms with Crippen molar-refractivity contribution < 1.29 is 9.84 Å². The fraction of sp³-hybridized carbons (Fsp3) is 0.765. The third-order valence-corrected chi connectivity index (χ3v) is 4.42. The van der Waals surface area contributed by atoms with Crippen LogP contribution in [0.4, 0.5) is 0 Å². The standard InChI is InChI=1S/C17H31N5O2.HI/c1-3-18-16(19-11-15(2)12-22-8-4-7-21-22)20-13-17(5-9-23)6-10-24-14-17;/h4,7-8,15,23H,3,5-6,9-14H2,1-2H3,(H2,18,19,20);1H. The fourth-order valence-corrected chi connectivity index (χ4v) is 2.94. The van der Waals surface area contributed by atoms with Gasteiger partial charge in [-0.2, -0.15) is 5.10 Å². The maximum atomic E-state index is 9.32. The van der Waals surface area contributed by atoms with Crippen LogP contribution in [0.3, 0.4) is 0 Å². The van der Waals surface area contributed by atoms with Crippen LogP contribution in [0.5, 0.6) is 0 Å². The summed E-state index contributed by atoms with van der Waals surface area (Å²) >= 11 is 0. The molecule has 2 atom stereocenters. The molecule has 7 nitrogen and oxygen atoms in total. The molecule has 1 aromatic rings. The number of aliphatic imine (C=N–C) groups is 1. The van der Waals surface area contributed by atoms with Crippen LogP contribution >= 0.6 is 24.0 Å². The Labute approximate surface area is 167 Å². The van der Waals surface area contributed by atoms with Crippen molar-refractivity contribution in [2.24, 2.45) is 16.3 Å². The van der Waals surface area contributed by atoms with Crippen LogP contribution in [0.1, 0.15) is 26.7 Å². The minimum absolute atomic E-state index is 0. The van der Waals surface area contributed by atoms with E-state index < -0.39 is 0 Å². The van der Waals surface area contributed by atoms with E-state index in [1.54, 1.807) is 6.20 Å². The second kappa shape index (κ2) is 11.7. The van der Waals surface area contributed by atoms with Crippen LogP contribution in [0.25, 0.3) is 0 Å². The van der Waals surface area contributed by atoms with Crippen molar-refractivity contribution >= 4 is 29.9 Å². The topological polar surface area (TPSA) is 83.7 Å². The molecule has 0 amide bonds. The molecule has 144 valence electrons. The third kappa shape index (κ3) is 7.49. The SMILES string of the molecule is CCNC(=NCC1(CCO)CCOC1)NCC(C)Cn1cccn1.I. The first-order valence-electron chi connectivity index (χ1n) is 8.85. The van der Waals surface area contributed by atoms with Gasteiger partial charge in [0.2, 0.25) is 0 Å². The van der Waals surface area contributed by atoms with Crippen molar-refractivity contribution in [3.63, 3.8) is 0 Å². The molecular formula is C17H32IN5O2. The van der Waals surface area contributed by atoms with Gasteiger partial charge in [-0.15, -0.1) is 24.0 Å². The van der Waals surface area contributed by atoms with Gasteiger partial charge in [0, 0.05) is 50.7 Å². The molecule has 2 unspecified atom stereocenters. The summed E-state index contributed by atoms with van der Waals surface area (Å²) in [5, 5.41) is 20.3. The van der Waals surface area contributed by atoms with E-state index in [1.807, 2.05) is 16.9 Å². The van der Waals surface area contributed by atoms with Crippen LogP contribution < -0.4 is 10.6 Å². The number of aromatic nitrogens is 2. The highest BCUT2D eigenvalue weighted by molar-refractivity contribution is 14.0. The molecule has 1 saturated heterocycles. The smallest absolute Gasteiger partial charge is 0.191 e. The normalized spacial score (nSPS) is 21.6. The zero-order chi connectivity index (χ0) is 17.3. The predicted molar refractivity (Wildman–Crippen MR) is 110 cm³/mol. The number of halogens is 1. The Kier molecular flexibility index (Phi) is 10.4. The fourth-order valence-electron chi connectivity index (χ4n) is 2.94. The zero-order valence-corrected chi connectivity index (χ0v) is 17.6. The summed E-state index contributed by atoms with van der Waals surface area (Å²) < 4.78 is 7.48. The molecule has 2 rings (SSSR count). The Morgan fingerprint density at radius 1 is 1.48 bits per heavy atom. The van der Waals surface area contributed by atoms with E-state index in [9.17, 15) is 5.11 Å². The molecule has 0 radical (unpaired) electrons. The van der Waals surface area contributed by atoms with E-state index >= 15 is 0 Å². The van der Waals surface area contributed by atoms with Gasteiger partial charge in [-0.25, -0.2) is 0 Å². The van der Waals surface area contributed by atoms with Crippen molar-refractivity contribution in [3.05, 3.63) is 18.5 Å². The van der Waals surface area contributed by atoms with Gasteiger partial charge in [0.05, 0.1) is 13.2 Å². The number of nitrogens with one attached hydrogen (secondary N) is 2. The second-order valence-corrected chi connectivity index (χ2v) is 6.69. The lowest BCUT2D eigenvalue weighted by Crippen LogP contribution is -2.41. The highest BCUT2D eigenvalue weighted by atomic mass is 127. The first-order chi connectivity index (χ1) is 11.7. The van der Waals surface area contributed by atoms with E-state index in [0.29, 0.717) is 19.1 Å². The molecule has 1 aromatic heterocycles. The van der Waals surface area contributed by atoms with Crippen LogP contribution in [0, 0.1) is 11.3 Å². The number of hydrogen-bond acceptors (Lipinski definition) is 4. The van der Waals surface area contributed by atoms with Gasteiger partial charge in [-0.3, -0.25) is 9.67 Å². The van der Waals surface area contributed by atoms with Crippen molar-refractivity contribution in [2.75, 3.05) is 39.5 Å². The lowest BCUT2D eigenvalue weighted by Gasteiger charge is -2.25. The van der Waals surface area contributed by atoms with E-state index in [-0.39, 0.29) is 36.0 Å². The van der Waals surface area contributed by atoms with E-state index in [2.05, 4.69) is 29.6 Å². The van der Waals surface area contributed by atoms with Gasteiger partial charge < -0.3 is 20.5 Å². The van der Waals surface area contributed by atoms with E-state index in [1.165, 1.54) is 0 Å². The van der Waals surface area contributed by atoms with Gasteiger partial charge in [0.25, 0.3) is 0 Å². The molecule has 0 aromatic carbocycles. The Balaban J connectivity index is 0.00000312. The number of nitrogens with zero attached hydrogens (tertiary/aromatic N) is 3. The molecule has 1 aliphatic heterocycles. The van der Waals surface area contributed by atoms with Gasteiger partial charge in [-0.05, 0) is 31.7 Å². The lowest BCUT2D eigenvalue weighted by atomic mass is 9.84. The Bertz CT molecular complexity index is 489. The second-order valence-electron chi connectivity index (χ2n) is 6.69. The van der Waals surface area contributed by atoms with Crippen LogP contribution in [-0.2, 0) is 11.3 Å². The molecule has 3 N–H and O–H groups in total. The molecule has 8 heteroatoms. The van der Waals surface area contributed by atoms with Crippen LogP contribution in [0.15, 0.2) is 23.5 Å². The minimum atomic E-state index is -0.0161. The van der Waals surface area contributed by atoms with Gasteiger partial charge in [-0.1, -0.05) is 6.92 Å². The highest BCUT2D eigenvalue weighted by Gasteiger charge is 2.34. The van der Waals surface area contributed by atoms with Crippen molar-refractivity contribution in [2.45, 2.75) is 33.2 Å². The molecule has 0 spiro atoms. The van der Waals surface area contributed by atoms with Crippen LogP contribution in [-0.4, -0.2) is 60.3 Å². The molecule has 1 fully saturated rings. The third-order valence-electron chi connectivity index (χ3n) is 4.42. The summed E-state index contributed by atoms with van der Waals surface area (Å²) in [6, 6.07) is 1.94. The summed E-state index contributed by atoms with van der Waals surface area (Å²) in [5.41, 5.74) is -0.0161. The van der Waals surface area contributed by atoms with Gasteiger partial charge >= 0.3 is 0 Å². The summed E-state index contributed by atoms with van der Waals surface area (Å²) in [6.07, 6.45) is 5.49. The summed E-state index contributed by atoms with van der Waals surface area (Å²) in [7, 11) is 0. The largest absolute Gasteiger partial charge is 0.396 e. The first kappa shape index (κ1) is 22.2. The Morgan fingerprint density at radius 3 is 2.92 bits per heavy atom. The molecule has 0 bridgehead atoms. The average molecular weight is 465 g/mol. The number of aliphatic hydroxyl groups is 1. The Hall–Kier alpha value is -0.870. The first-order valence-corrected chi connectivity index (χ1v) is 8.85. The number of rotatable bonds is 9. The quantitative estimate of drug-likeness (QED) is 0.293. The minimum Gasteiger partial charge on any atom is -0.396 e. The van der Waals surface area contributed by atoms with Gasteiger partial charge in [0.1, 0.15) is 0 Å². The van der Waals surface area contributed by atoms with Gasteiger partial charge in [0.15, 0.2) is 5.96 Å². The molecule has 0 aliphatic carbocycles. The molecule has 0 saturated carbocycles. The van der Waals surface area contributed by atoms with E-state index in [4.69, 9.17) is 9.73 Å². The molecular weight excluding hydrogens is 433 g/mol. The molecule has 2 heterocycles.